The van der Waals surface area contributed by atoms with E-state index in [9.17, 15) is 4.79 Å². The number of nitrogens with one attached hydrogen (secondary N) is 1. The van der Waals surface area contributed by atoms with Crippen molar-refractivity contribution >= 4 is 16.8 Å². The monoisotopic (exact) mass is 383 g/mol. The van der Waals surface area contributed by atoms with Gasteiger partial charge in [-0.15, -0.1) is 0 Å². The number of aromatic amines is 1. The first-order chi connectivity index (χ1) is 13.8. The van der Waals surface area contributed by atoms with E-state index in [1.54, 1.807) is 0 Å². The molecular formula is C23H33N3O2. The van der Waals surface area contributed by atoms with Crippen molar-refractivity contribution in [3.8, 4) is 0 Å². The number of amides is 1. The van der Waals surface area contributed by atoms with E-state index < -0.39 is 0 Å². The fourth-order valence-electron chi connectivity index (χ4n) is 4.70. The molecular weight excluding hydrogens is 350 g/mol. The second-order valence-electron chi connectivity index (χ2n) is 8.20. The summed E-state index contributed by atoms with van der Waals surface area (Å²) in [4.78, 5) is 21.5. The summed E-state index contributed by atoms with van der Waals surface area (Å²) >= 11 is 0. The topological polar surface area (TPSA) is 48.6 Å². The van der Waals surface area contributed by atoms with Gasteiger partial charge >= 0.3 is 0 Å². The number of carbonyl (C=O) groups is 1. The van der Waals surface area contributed by atoms with Crippen molar-refractivity contribution in [3.05, 3.63) is 36.0 Å². The Labute approximate surface area is 168 Å². The first-order valence-electron chi connectivity index (χ1n) is 11.0. The van der Waals surface area contributed by atoms with Crippen molar-refractivity contribution in [1.82, 2.24) is 14.8 Å². The van der Waals surface area contributed by atoms with Gasteiger partial charge in [0.05, 0.1) is 0 Å². The summed E-state index contributed by atoms with van der Waals surface area (Å²) in [5.41, 5.74) is 1.85. The van der Waals surface area contributed by atoms with Gasteiger partial charge in [-0.1, -0.05) is 18.9 Å². The van der Waals surface area contributed by atoms with Gasteiger partial charge in [-0.05, 0) is 69.9 Å². The fraction of sp³-hybridized carbons (Fsp3) is 0.609. The molecule has 5 heteroatoms. The van der Waals surface area contributed by atoms with Crippen LogP contribution in [0.5, 0.6) is 0 Å². The largest absolute Gasteiger partial charge is 0.381 e. The highest BCUT2D eigenvalue weighted by atomic mass is 16.5. The van der Waals surface area contributed by atoms with E-state index in [0.717, 1.165) is 62.0 Å². The first kappa shape index (κ1) is 19.5. The Hall–Kier alpha value is -1.85. The van der Waals surface area contributed by atoms with Crippen LogP contribution < -0.4 is 0 Å². The van der Waals surface area contributed by atoms with Crippen LogP contribution in [0.2, 0.25) is 0 Å². The minimum atomic E-state index is 0.174. The van der Waals surface area contributed by atoms with Gasteiger partial charge in [-0.25, -0.2) is 0 Å². The van der Waals surface area contributed by atoms with Gasteiger partial charge in [0.1, 0.15) is 0 Å². The van der Waals surface area contributed by atoms with E-state index in [4.69, 9.17) is 4.74 Å². The first-order valence-corrected chi connectivity index (χ1v) is 11.0. The van der Waals surface area contributed by atoms with Gasteiger partial charge in [0.15, 0.2) is 0 Å². The molecule has 2 aromatic rings. The van der Waals surface area contributed by atoms with Crippen LogP contribution in [0, 0.1) is 0 Å². The third kappa shape index (κ3) is 4.58. The molecule has 0 atom stereocenters. The smallest absolute Gasteiger partial charge is 0.254 e. The Kier molecular flexibility index (Phi) is 6.65. The summed E-state index contributed by atoms with van der Waals surface area (Å²) in [5, 5.41) is 1.03. The van der Waals surface area contributed by atoms with Gasteiger partial charge in [-0.3, -0.25) is 4.79 Å². The Balaban J connectivity index is 1.46. The standard InChI is InChI=1S/C23H33N3O2/c27-23(21-7-5-8-22-20(21)9-12-24-22)26(19-10-17-28-18-11-19)16-6-15-25-13-3-1-2-4-14-25/h5,7-9,12,19,24H,1-4,6,10-11,13-18H2. The summed E-state index contributed by atoms with van der Waals surface area (Å²) < 4.78 is 5.56. The molecule has 4 rings (SSSR count). The maximum atomic E-state index is 13.6. The van der Waals surface area contributed by atoms with Crippen LogP contribution in [-0.2, 0) is 4.74 Å². The van der Waals surface area contributed by atoms with Gasteiger partial charge < -0.3 is 19.5 Å². The molecule has 1 amide bonds. The van der Waals surface area contributed by atoms with E-state index >= 15 is 0 Å². The summed E-state index contributed by atoms with van der Waals surface area (Å²) in [6, 6.07) is 8.29. The molecule has 3 heterocycles. The van der Waals surface area contributed by atoms with E-state index in [0.29, 0.717) is 6.04 Å². The lowest BCUT2D eigenvalue weighted by Gasteiger charge is -2.35. The number of nitrogens with zero attached hydrogens (tertiary/aromatic N) is 2. The summed E-state index contributed by atoms with van der Waals surface area (Å²) in [7, 11) is 0. The maximum absolute atomic E-state index is 13.6. The summed E-state index contributed by atoms with van der Waals surface area (Å²) in [6.45, 7) is 5.88. The fourth-order valence-corrected chi connectivity index (χ4v) is 4.70. The Morgan fingerprint density at radius 2 is 1.89 bits per heavy atom. The van der Waals surface area contributed by atoms with Crippen LogP contribution in [0.4, 0.5) is 0 Å². The molecule has 1 aromatic heterocycles. The number of carbonyl (C=O) groups excluding carboxylic acids is 1. The Bertz CT molecular complexity index is 758. The number of H-pyrrole nitrogens is 1. The molecule has 5 nitrogen and oxygen atoms in total. The van der Waals surface area contributed by atoms with Crippen molar-refractivity contribution in [2.45, 2.75) is 51.0 Å². The van der Waals surface area contributed by atoms with Gasteiger partial charge in [0.2, 0.25) is 0 Å². The number of likely N-dealkylation sites (tertiary alicyclic amines) is 1. The van der Waals surface area contributed by atoms with Crippen LogP contribution in [-0.4, -0.2) is 66.1 Å². The predicted molar refractivity (Wildman–Crippen MR) is 113 cm³/mol. The van der Waals surface area contributed by atoms with E-state index in [2.05, 4.69) is 14.8 Å². The van der Waals surface area contributed by atoms with Crippen LogP contribution in [0.3, 0.4) is 0 Å². The van der Waals surface area contributed by atoms with E-state index in [-0.39, 0.29) is 5.91 Å². The van der Waals surface area contributed by atoms with E-state index in [1.807, 2.05) is 30.5 Å². The number of fused-ring (bicyclic) bond motifs is 1. The van der Waals surface area contributed by atoms with Crippen molar-refractivity contribution in [2.75, 3.05) is 39.4 Å². The number of aromatic nitrogens is 1. The quantitative estimate of drug-likeness (QED) is 0.818. The molecule has 0 radical (unpaired) electrons. The molecule has 28 heavy (non-hydrogen) atoms. The normalized spacial score (nSPS) is 19.6. The molecule has 0 unspecified atom stereocenters. The highest BCUT2D eigenvalue weighted by Gasteiger charge is 2.27. The summed E-state index contributed by atoms with van der Waals surface area (Å²) in [6.07, 6.45) is 10.2. The lowest BCUT2D eigenvalue weighted by molar-refractivity contribution is 0.0281. The highest BCUT2D eigenvalue weighted by molar-refractivity contribution is 6.06. The third-order valence-electron chi connectivity index (χ3n) is 6.29. The number of benzene rings is 1. The van der Waals surface area contributed by atoms with Crippen molar-refractivity contribution in [1.29, 1.82) is 0 Å². The zero-order chi connectivity index (χ0) is 19.2. The molecule has 2 aliphatic heterocycles. The molecule has 0 aliphatic carbocycles. The molecule has 0 bridgehead atoms. The minimum absolute atomic E-state index is 0.174. The molecule has 2 aliphatic rings. The van der Waals surface area contributed by atoms with Crippen molar-refractivity contribution in [3.63, 3.8) is 0 Å². The van der Waals surface area contributed by atoms with Gasteiger partial charge in [0, 0.05) is 48.5 Å². The third-order valence-corrected chi connectivity index (χ3v) is 6.29. The number of hydrogen-bond acceptors (Lipinski definition) is 3. The number of ether oxygens (including phenoxy) is 1. The molecule has 0 spiro atoms. The van der Waals surface area contributed by atoms with Gasteiger partial charge in [-0.2, -0.15) is 0 Å². The van der Waals surface area contributed by atoms with Crippen LogP contribution in [0.25, 0.3) is 10.9 Å². The second kappa shape index (κ2) is 9.57. The summed E-state index contributed by atoms with van der Waals surface area (Å²) in [5.74, 6) is 0.174. The number of rotatable bonds is 6. The van der Waals surface area contributed by atoms with Crippen LogP contribution in [0.1, 0.15) is 55.3 Å². The molecule has 1 aromatic carbocycles. The van der Waals surface area contributed by atoms with Crippen LogP contribution in [0.15, 0.2) is 30.5 Å². The Morgan fingerprint density at radius 1 is 1.11 bits per heavy atom. The second-order valence-corrected chi connectivity index (χ2v) is 8.20. The lowest BCUT2D eigenvalue weighted by Crippen LogP contribution is -2.44. The Morgan fingerprint density at radius 3 is 2.68 bits per heavy atom. The SMILES string of the molecule is O=C(c1cccc2[nH]ccc12)N(CCCN1CCCCCC1)C1CCOCC1. The van der Waals surface area contributed by atoms with Gasteiger partial charge in [0.25, 0.3) is 5.91 Å². The highest BCUT2D eigenvalue weighted by Crippen LogP contribution is 2.23. The zero-order valence-electron chi connectivity index (χ0n) is 16.9. The average Bonchev–Trinajstić information content (AvgIpc) is 3.07. The molecule has 2 fully saturated rings. The molecule has 1 N–H and O–H groups in total. The molecule has 2 saturated heterocycles. The maximum Gasteiger partial charge on any atom is 0.254 e. The average molecular weight is 384 g/mol. The lowest BCUT2D eigenvalue weighted by atomic mass is 10.0. The zero-order valence-corrected chi connectivity index (χ0v) is 16.9. The van der Waals surface area contributed by atoms with Crippen molar-refractivity contribution < 1.29 is 9.53 Å². The van der Waals surface area contributed by atoms with Crippen molar-refractivity contribution in [2.24, 2.45) is 0 Å². The van der Waals surface area contributed by atoms with E-state index in [1.165, 1.54) is 38.8 Å². The predicted octanol–water partition coefficient (Wildman–Crippen LogP) is 4.06. The number of hydrogen-bond donors (Lipinski definition) is 1. The van der Waals surface area contributed by atoms with Crippen LogP contribution >= 0.6 is 0 Å². The molecule has 0 saturated carbocycles. The minimum Gasteiger partial charge on any atom is -0.381 e. The molecule has 152 valence electrons.